The Morgan fingerprint density at radius 2 is 2.10 bits per heavy atom. The monoisotopic (exact) mass is 421 g/mol. The van der Waals surface area contributed by atoms with Gasteiger partial charge in [0.1, 0.15) is 13.2 Å². The van der Waals surface area contributed by atoms with Crippen molar-refractivity contribution in [1.29, 1.82) is 0 Å². The number of carbonyl (C=O) groups excluding carboxylic acids is 2. The van der Waals surface area contributed by atoms with E-state index in [1.807, 2.05) is 6.07 Å². The molecule has 2 heterocycles. The van der Waals surface area contributed by atoms with Crippen LogP contribution in [-0.4, -0.2) is 81.5 Å². The van der Waals surface area contributed by atoms with Crippen molar-refractivity contribution in [1.82, 2.24) is 10.2 Å². The van der Waals surface area contributed by atoms with E-state index in [2.05, 4.69) is 20.3 Å². The van der Waals surface area contributed by atoms with Gasteiger partial charge in [0.15, 0.2) is 11.5 Å². The third kappa shape index (κ3) is 5.54. The highest BCUT2D eigenvalue weighted by Gasteiger charge is 2.29. The molecule has 3 N–H and O–H groups in total. The lowest BCUT2D eigenvalue weighted by atomic mass is 9.93. The van der Waals surface area contributed by atoms with E-state index in [9.17, 15) is 14.7 Å². The normalized spacial score (nSPS) is 21.0. The van der Waals surface area contributed by atoms with E-state index in [-0.39, 0.29) is 17.8 Å². The zero-order valence-corrected chi connectivity index (χ0v) is 17.6. The van der Waals surface area contributed by atoms with Crippen molar-refractivity contribution < 1.29 is 28.9 Å². The van der Waals surface area contributed by atoms with Gasteiger partial charge in [-0.25, -0.2) is 0 Å². The van der Waals surface area contributed by atoms with Gasteiger partial charge in [-0.15, -0.1) is 0 Å². The van der Waals surface area contributed by atoms with Crippen LogP contribution in [0.5, 0.6) is 11.5 Å². The van der Waals surface area contributed by atoms with Crippen LogP contribution >= 0.6 is 0 Å². The first-order valence-corrected chi connectivity index (χ1v) is 10.4. The van der Waals surface area contributed by atoms with E-state index in [1.165, 1.54) is 7.11 Å². The second kappa shape index (κ2) is 10.5. The van der Waals surface area contributed by atoms with E-state index in [1.54, 1.807) is 13.1 Å². The van der Waals surface area contributed by atoms with Crippen LogP contribution in [0, 0.1) is 5.92 Å². The average Bonchev–Trinajstić information content (AvgIpc) is 2.77. The predicted molar refractivity (Wildman–Crippen MR) is 111 cm³/mol. The van der Waals surface area contributed by atoms with Crippen LogP contribution in [-0.2, 0) is 9.53 Å². The number of nitrogens with zero attached hydrogens (tertiary/aromatic N) is 1. The molecule has 1 saturated heterocycles. The van der Waals surface area contributed by atoms with E-state index in [0.717, 1.165) is 25.2 Å². The van der Waals surface area contributed by atoms with Gasteiger partial charge in [-0.1, -0.05) is 0 Å². The second-order valence-corrected chi connectivity index (χ2v) is 7.60. The summed E-state index contributed by atoms with van der Waals surface area (Å²) in [6, 6.07) is 3.55. The summed E-state index contributed by atoms with van der Waals surface area (Å²) in [5.41, 5.74) is 1.19. The van der Waals surface area contributed by atoms with Crippen LogP contribution in [0.3, 0.4) is 0 Å². The van der Waals surface area contributed by atoms with Crippen LogP contribution in [0.2, 0.25) is 0 Å². The molecule has 1 aromatic carbocycles. The summed E-state index contributed by atoms with van der Waals surface area (Å²) in [4.78, 5) is 26.2. The molecule has 2 aliphatic rings. The maximum absolute atomic E-state index is 12.8. The lowest BCUT2D eigenvalue weighted by molar-refractivity contribution is -0.140. The number of nitrogens with one attached hydrogen (secondary N) is 2. The zero-order valence-electron chi connectivity index (χ0n) is 17.6. The van der Waals surface area contributed by atoms with Gasteiger partial charge in [-0.2, -0.15) is 0 Å². The van der Waals surface area contributed by atoms with Gasteiger partial charge in [-0.05, 0) is 32.0 Å². The molecule has 0 aromatic heterocycles. The quantitative estimate of drug-likeness (QED) is 0.531. The summed E-state index contributed by atoms with van der Waals surface area (Å²) in [6.45, 7) is 3.33. The molecule has 1 aromatic rings. The molecule has 30 heavy (non-hydrogen) atoms. The van der Waals surface area contributed by atoms with E-state index in [0.29, 0.717) is 56.2 Å². The Hall–Kier alpha value is -2.52. The molecule has 3 rings (SSSR count). The van der Waals surface area contributed by atoms with Crippen LogP contribution in [0.4, 0.5) is 5.69 Å². The van der Waals surface area contributed by atoms with Crippen molar-refractivity contribution in [3.05, 3.63) is 17.7 Å². The number of fused-ring (bicyclic) bond motifs is 1. The van der Waals surface area contributed by atoms with Crippen LogP contribution in [0.15, 0.2) is 12.1 Å². The molecule has 166 valence electrons. The molecule has 0 bridgehead atoms. The van der Waals surface area contributed by atoms with Gasteiger partial charge in [0.2, 0.25) is 0 Å². The SMILES string of the molecule is CNc1cc2c(c(C(=O)NCC3CCN(CCCC(=O)OC)CC3O)c1)OCCO2. The molecule has 2 atom stereocenters. The minimum atomic E-state index is -0.533. The van der Waals surface area contributed by atoms with Crippen molar-refractivity contribution in [3.8, 4) is 11.5 Å². The Labute approximate surface area is 176 Å². The molecular formula is C21H31N3O6. The van der Waals surface area contributed by atoms with Crippen molar-refractivity contribution >= 4 is 17.6 Å². The average molecular weight is 421 g/mol. The number of aliphatic hydroxyl groups is 1. The lowest BCUT2D eigenvalue weighted by Gasteiger charge is -2.36. The molecule has 0 spiro atoms. The molecule has 9 nitrogen and oxygen atoms in total. The number of methoxy groups -OCH3 is 1. The van der Waals surface area contributed by atoms with Crippen molar-refractivity contribution in [2.45, 2.75) is 25.4 Å². The Morgan fingerprint density at radius 1 is 1.30 bits per heavy atom. The van der Waals surface area contributed by atoms with Gasteiger partial charge < -0.3 is 34.9 Å². The van der Waals surface area contributed by atoms with Crippen LogP contribution in [0.25, 0.3) is 0 Å². The molecule has 1 amide bonds. The Morgan fingerprint density at radius 3 is 2.83 bits per heavy atom. The molecule has 2 unspecified atom stereocenters. The highest BCUT2D eigenvalue weighted by molar-refractivity contribution is 5.99. The third-order valence-corrected chi connectivity index (χ3v) is 5.59. The highest BCUT2D eigenvalue weighted by atomic mass is 16.6. The summed E-state index contributed by atoms with van der Waals surface area (Å²) >= 11 is 0. The molecule has 2 aliphatic heterocycles. The number of esters is 1. The summed E-state index contributed by atoms with van der Waals surface area (Å²) in [5.74, 6) is 0.525. The number of benzene rings is 1. The first-order chi connectivity index (χ1) is 14.5. The fourth-order valence-corrected chi connectivity index (χ4v) is 3.82. The number of hydrogen-bond acceptors (Lipinski definition) is 8. The van der Waals surface area contributed by atoms with Gasteiger partial charge in [0.05, 0.1) is 18.8 Å². The van der Waals surface area contributed by atoms with Gasteiger partial charge in [0.25, 0.3) is 5.91 Å². The summed E-state index contributed by atoms with van der Waals surface area (Å²) in [5, 5.41) is 16.5. The number of β-amino-alcohol motifs (C(OH)–C–C–N with tert-alkyl or cyclic N) is 1. The van der Waals surface area contributed by atoms with Crippen molar-refractivity contribution in [2.24, 2.45) is 5.92 Å². The topological polar surface area (TPSA) is 109 Å². The highest BCUT2D eigenvalue weighted by Crippen LogP contribution is 2.37. The molecular weight excluding hydrogens is 390 g/mol. The van der Waals surface area contributed by atoms with Crippen molar-refractivity contribution in [2.75, 3.05) is 58.9 Å². The molecule has 0 aliphatic carbocycles. The molecule has 1 fully saturated rings. The smallest absolute Gasteiger partial charge is 0.305 e. The second-order valence-electron chi connectivity index (χ2n) is 7.60. The number of aliphatic hydroxyl groups excluding tert-OH is 1. The summed E-state index contributed by atoms with van der Waals surface area (Å²) < 4.78 is 15.9. The minimum absolute atomic E-state index is 0.0220. The maximum Gasteiger partial charge on any atom is 0.305 e. The fraction of sp³-hybridized carbons (Fsp3) is 0.619. The maximum atomic E-state index is 12.8. The fourth-order valence-electron chi connectivity index (χ4n) is 3.82. The molecule has 0 saturated carbocycles. The summed E-state index contributed by atoms with van der Waals surface area (Å²) in [6.07, 6.45) is 1.32. The first-order valence-electron chi connectivity index (χ1n) is 10.4. The van der Waals surface area contributed by atoms with Gasteiger partial charge >= 0.3 is 5.97 Å². The Kier molecular flexibility index (Phi) is 7.75. The number of piperidine rings is 1. The van der Waals surface area contributed by atoms with Crippen LogP contribution in [0.1, 0.15) is 29.6 Å². The molecule has 9 heteroatoms. The van der Waals surface area contributed by atoms with Crippen LogP contribution < -0.4 is 20.1 Å². The first kappa shape index (κ1) is 22.2. The van der Waals surface area contributed by atoms with Gasteiger partial charge in [-0.3, -0.25) is 9.59 Å². The van der Waals surface area contributed by atoms with Gasteiger partial charge in [0, 0.05) is 44.2 Å². The minimum Gasteiger partial charge on any atom is -0.486 e. The molecule has 0 radical (unpaired) electrons. The number of ether oxygens (including phenoxy) is 3. The van der Waals surface area contributed by atoms with E-state index in [4.69, 9.17) is 9.47 Å². The third-order valence-electron chi connectivity index (χ3n) is 5.59. The van der Waals surface area contributed by atoms with E-state index < -0.39 is 6.10 Å². The predicted octanol–water partition coefficient (Wildman–Crippen LogP) is 0.865. The number of likely N-dealkylation sites (tertiary alicyclic amines) is 1. The number of amides is 1. The van der Waals surface area contributed by atoms with Crippen molar-refractivity contribution in [3.63, 3.8) is 0 Å². The number of anilines is 1. The number of hydrogen-bond donors (Lipinski definition) is 3. The Balaban J connectivity index is 1.51. The standard InChI is InChI=1S/C21H31N3O6/c1-22-15-10-16(20-18(11-15)29-8-9-30-20)21(27)23-12-14-5-7-24(13-17(14)25)6-3-4-19(26)28-2/h10-11,14,17,22,25H,3-9,12-13H2,1-2H3,(H,23,27). The zero-order chi connectivity index (χ0) is 21.5. The number of rotatable bonds is 8. The largest absolute Gasteiger partial charge is 0.486 e. The number of carbonyl (C=O) groups is 2. The summed E-state index contributed by atoms with van der Waals surface area (Å²) in [7, 11) is 3.16. The Bertz CT molecular complexity index is 757. The lowest BCUT2D eigenvalue weighted by Crippen LogP contribution is -2.47. The van der Waals surface area contributed by atoms with E-state index >= 15 is 0 Å².